The molecule has 2 aliphatic heterocycles. The third-order valence-corrected chi connectivity index (χ3v) is 5.44. The normalized spacial score (nSPS) is 29.4. The molecule has 2 saturated heterocycles. The third kappa shape index (κ3) is 3.93. The van der Waals surface area contributed by atoms with Crippen LogP contribution in [0.3, 0.4) is 0 Å². The van der Waals surface area contributed by atoms with Crippen LogP contribution in [0.5, 0.6) is 0 Å². The highest BCUT2D eigenvalue weighted by Crippen LogP contribution is 2.37. The Morgan fingerprint density at radius 3 is 2.78 bits per heavy atom. The van der Waals surface area contributed by atoms with Gasteiger partial charge < -0.3 is 4.90 Å². The summed E-state index contributed by atoms with van der Waals surface area (Å²) in [6, 6.07) is 8.39. The summed E-state index contributed by atoms with van der Waals surface area (Å²) < 4.78 is 0. The Hall–Kier alpha value is -0.970. The van der Waals surface area contributed by atoms with Crippen LogP contribution in [0.2, 0.25) is 0 Å². The van der Waals surface area contributed by atoms with E-state index in [0.717, 1.165) is 24.5 Å². The zero-order valence-electron chi connectivity index (χ0n) is 15.2. The fourth-order valence-corrected chi connectivity index (χ4v) is 4.72. The summed E-state index contributed by atoms with van der Waals surface area (Å²) in [5.74, 6) is 0.819. The van der Waals surface area contributed by atoms with Gasteiger partial charge in [0, 0.05) is 50.5 Å². The molecule has 0 spiro atoms. The van der Waals surface area contributed by atoms with E-state index in [2.05, 4.69) is 59.8 Å². The molecule has 3 heterocycles. The SMILES string of the molecule is CC(C)N1[C@H](CN(C)C)C[C@@H]2CN(Cc3ccccn3)CC[C@@H]21. The molecule has 0 N–H and O–H groups in total. The molecule has 4 heteroatoms. The van der Waals surface area contributed by atoms with Crippen molar-refractivity contribution in [1.82, 2.24) is 19.7 Å². The predicted molar refractivity (Wildman–Crippen MR) is 95.3 cm³/mol. The average Bonchev–Trinajstić information content (AvgIpc) is 2.84. The molecule has 0 bridgehead atoms. The van der Waals surface area contributed by atoms with E-state index in [-0.39, 0.29) is 0 Å². The maximum atomic E-state index is 4.50. The highest BCUT2D eigenvalue weighted by Gasteiger charge is 2.44. The first-order chi connectivity index (χ1) is 11.0. The Morgan fingerprint density at radius 2 is 2.13 bits per heavy atom. The van der Waals surface area contributed by atoms with Gasteiger partial charge in [-0.05, 0) is 58.8 Å². The molecule has 0 amide bonds. The van der Waals surface area contributed by atoms with Crippen LogP contribution in [-0.4, -0.2) is 71.5 Å². The van der Waals surface area contributed by atoms with Crippen molar-refractivity contribution in [2.24, 2.45) is 5.92 Å². The van der Waals surface area contributed by atoms with E-state index >= 15 is 0 Å². The lowest BCUT2D eigenvalue weighted by Crippen LogP contribution is -2.50. The van der Waals surface area contributed by atoms with Gasteiger partial charge in [-0.25, -0.2) is 0 Å². The van der Waals surface area contributed by atoms with E-state index in [4.69, 9.17) is 0 Å². The van der Waals surface area contributed by atoms with Crippen molar-refractivity contribution in [1.29, 1.82) is 0 Å². The molecule has 23 heavy (non-hydrogen) atoms. The molecule has 1 aromatic rings. The molecule has 3 atom stereocenters. The van der Waals surface area contributed by atoms with E-state index in [1.165, 1.54) is 38.2 Å². The van der Waals surface area contributed by atoms with Crippen molar-refractivity contribution in [3.63, 3.8) is 0 Å². The molecule has 2 fully saturated rings. The second-order valence-electron chi connectivity index (χ2n) is 7.87. The van der Waals surface area contributed by atoms with Gasteiger partial charge >= 0.3 is 0 Å². The molecule has 0 unspecified atom stereocenters. The lowest BCUT2D eigenvalue weighted by Gasteiger charge is -2.40. The van der Waals surface area contributed by atoms with Gasteiger partial charge in [0.25, 0.3) is 0 Å². The van der Waals surface area contributed by atoms with Crippen LogP contribution in [0.1, 0.15) is 32.4 Å². The number of hydrogen-bond acceptors (Lipinski definition) is 4. The summed E-state index contributed by atoms with van der Waals surface area (Å²) in [7, 11) is 4.40. The van der Waals surface area contributed by atoms with Crippen LogP contribution in [-0.2, 0) is 6.54 Å². The monoisotopic (exact) mass is 316 g/mol. The summed E-state index contributed by atoms with van der Waals surface area (Å²) in [5.41, 5.74) is 1.20. The van der Waals surface area contributed by atoms with Gasteiger partial charge in [0.1, 0.15) is 0 Å². The number of likely N-dealkylation sites (tertiary alicyclic amines) is 2. The van der Waals surface area contributed by atoms with Gasteiger partial charge in [-0.1, -0.05) is 6.07 Å². The maximum Gasteiger partial charge on any atom is 0.0543 e. The zero-order chi connectivity index (χ0) is 16.4. The topological polar surface area (TPSA) is 22.6 Å². The van der Waals surface area contributed by atoms with Crippen LogP contribution in [0.4, 0.5) is 0 Å². The number of aromatic nitrogens is 1. The maximum absolute atomic E-state index is 4.50. The van der Waals surface area contributed by atoms with Gasteiger partial charge in [0.05, 0.1) is 5.69 Å². The summed E-state index contributed by atoms with van der Waals surface area (Å²) in [6.45, 7) is 9.36. The molecule has 1 aromatic heterocycles. The zero-order valence-corrected chi connectivity index (χ0v) is 15.2. The van der Waals surface area contributed by atoms with E-state index in [9.17, 15) is 0 Å². The van der Waals surface area contributed by atoms with Crippen LogP contribution in [0.15, 0.2) is 24.4 Å². The van der Waals surface area contributed by atoms with Crippen LogP contribution < -0.4 is 0 Å². The summed E-state index contributed by atoms with van der Waals surface area (Å²) in [4.78, 5) is 12.3. The minimum Gasteiger partial charge on any atom is -0.308 e. The Kier molecular flexibility index (Phi) is 5.34. The molecular formula is C19H32N4. The third-order valence-electron chi connectivity index (χ3n) is 5.44. The van der Waals surface area contributed by atoms with E-state index in [1.807, 2.05) is 12.3 Å². The average molecular weight is 316 g/mol. The first-order valence-electron chi connectivity index (χ1n) is 9.09. The molecular weight excluding hydrogens is 284 g/mol. The quantitative estimate of drug-likeness (QED) is 0.831. The van der Waals surface area contributed by atoms with Crippen molar-refractivity contribution >= 4 is 0 Å². The largest absolute Gasteiger partial charge is 0.308 e. The summed E-state index contributed by atoms with van der Waals surface area (Å²) in [6.07, 6.45) is 4.56. The van der Waals surface area contributed by atoms with Crippen molar-refractivity contribution in [3.05, 3.63) is 30.1 Å². The van der Waals surface area contributed by atoms with Gasteiger partial charge in [-0.15, -0.1) is 0 Å². The molecule has 2 aliphatic rings. The number of fused-ring (bicyclic) bond motifs is 1. The highest BCUT2D eigenvalue weighted by atomic mass is 15.3. The van der Waals surface area contributed by atoms with Gasteiger partial charge in [0.15, 0.2) is 0 Å². The van der Waals surface area contributed by atoms with Crippen LogP contribution in [0.25, 0.3) is 0 Å². The van der Waals surface area contributed by atoms with Gasteiger partial charge in [0.2, 0.25) is 0 Å². The fourth-order valence-electron chi connectivity index (χ4n) is 4.72. The van der Waals surface area contributed by atoms with E-state index in [0.29, 0.717) is 6.04 Å². The first kappa shape index (κ1) is 16.9. The van der Waals surface area contributed by atoms with Crippen molar-refractivity contribution in [2.75, 3.05) is 33.7 Å². The number of hydrogen-bond donors (Lipinski definition) is 0. The van der Waals surface area contributed by atoms with Crippen molar-refractivity contribution in [3.8, 4) is 0 Å². The number of pyridine rings is 1. The number of nitrogens with zero attached hydrogens (tertiary/aromatic N) is 4. The van der Waals surface area contributed by atoms with Gasteiger partial charge in [-0.3, -0.25) is 14.8 Å². The Bertz CT molecular complexity index is 487. The van der Waals surface area contributed by atoms with Crippen LogP contribution >= 0.6 is 0 Å². The molecule has 128 valence electrons. The molecule has 0 aromatic carbocycles. The standard InChI is InChI=1S/C19H32N4/c1-15(2)23-18(14-21(3)4)11-16-12-22(10-8-19(16)23)13-17-7-5-6-9-20-17/h5-7,9,15-16,18-19H,8,10-14H2,1-4H3/t16-,18+,19+/m1/s1. The second kappa shape index (κ2) is 7.29. The Morgan fingerprint density at radius 1 is 1.30 bits per heavy atom. The molecule has 0 radical (unpaired) electrons. The molecule has 0 aliphatic carbocycles. The van der Waals surface area contributed by atoms with E-state index < -0.39 is 0 Å². The lowest BCUT2D eigenvalue weighted by molar-refractivity contribution is 0.0700. The minimum absolute atomic E-state index is 0.650. The number of piperidine rings is 1. The van der Waals surface area contributed by atoms with Crippen LogP contribution in [0, 0.1) is 5.92 Å². The Balaban J connectivity index is 1.64. The predicted octanol–water partition coefficient (Wildman–Crippen LogP) is 2.32. The van der Waals surface area contributed by atoms with Crippen molar-refractivity contribution < 1.29 is 0 Å². The number of rotatable bonds is 5. The van der Waals surface area contributed by atoms with E-state index in [1.54, 1.807) is 0 Å². The lowest BCUT2D eigenvalue weighted by atomic mass is 9.91. The summed E-state index contributed by atoms with van der Waals surface area (Å²) in [5, 5.41) is 0. The molecule has 3 rings (SSSR count). The minimum atomic E-state index is 0.650. The summed E-state index contributed by atoms with van der Waals surface area (Å²) >= 11 is 0. The van der Waals surface area contributed by atoms with Gasteiger partial charge in [-0.2, -0.15) is 0 Å². The van der Waals surface area contributed by atoms with Crippen molar-refractivity contribution in [2.45, 2.75) is 51.4 Å². The highest BCUT2D eigenvalue weighted by molar-refractivity contribution is 5.05. The number of likely N-dealkylation sites (N-methyl/N-ethyl adjacent to an activating group) is 1. The molecule has 4 nitrogen and oxygen atoms in total. The first-order valence-corrected chi connectivity index (χ1v) is 9.09. The smallest absolute Gasteiger partial charge is 0.0543 e. The Labute approximate surface area is 141 Å². The molecule has 0 saturated carbocycles. The fraction of sp³-hybridized carbons (Fsp3) is 0.737. The second-order valence-corrected chi connectivity index (χ2v) is 7.87.